The van der Waals surface area contributed by atoms with Crippen molar-refractivity contribution in [1.82, 2.24) is 0 Å². The lowest BCUT2D eigenvalue weighted by Gasteiger charge is -2.37. The fourth-order valence-corrected chi connectivity index (χ4v) is 3.16. The summed E-state index contributed by atoms with van der Waals surface area (Å²) >= 11 is 6.25. The molecular formula is C15H20ClNO2. The molecule has 2 aliphatic rings. The number of hydrogen-bond donors (Lipinski definition) is 1. The van der Waals surface area contributed by atoms with Gasteiger partial charge in [0.05, 0.1) is 22.9 Å². The van der Waals surface area contributed by atoms with Crippen LogP contribution in [-0.2, 0) is 9.47 Å². The first kappa shape index (κ1) is 13.2. The highest BCUT2D eigenvalue weighted by Gasteiger charge is 2.41. The molecule has 1 spiro atoms. The fourth-order valence-electron chi connectivity index (χ4n) is 2.98. The van der Waals surface area contributed by atoms with Crippen LogP contribution in [0.3, 0.4) is 0 Å². The Bertz CT molecular complexity index is 457. The van der Waals surface area contributed by atoms with Crippen LogP contribution in [0.1, 0.15) is 24.8 Å². The third-order valence-corrected chi connectivity index (χ3v) is 4.37. The van der Waals surface area contributed by atoms with Crippen LogP contribution in [-0.4, -0.2) is 31.5 Å². The summed E-state index contributed by atoms with van der Waals surface area (Å²) in [5, 5.41) is 4.36. The zero-order valence-electron chi connectivity index (χ0n) is 11.2. The number of hydrogen-bond acceptors (Lipinski definition) is 3. The van der Waals surface area contributed by atoms with E-state index in [1.807, 2.05) is 12.1 Å². The maximum atomic E-state index is 6.25. The van der Waals surface area contributed by atoms with Gasteiger partial charge in [-0.2, -0.15) is 0 Å². The van der Waals surface area contributed by atoms with E-state index in [0.29, 0.717) is 6.04 Å². The summed E-state index contributed by atoms with van der Waals surface area (Å²) in [7, 11) is 0. The standard InChI is InChI=1S/C15H20ClNO2/c1-11-2-3-13(16)14(8-11)17-12-4-6-19-15(9-12)5-7-18-10-15/h2-3,8,12,17H,4-7,9-10H2,1H3. The van der Waals surface area contributed by atoms with E-state index in [0.717, 1.165) is 49.8 Å². The second-order valence-electron chi connectivity index (χ2n) is 5.65. The molecule has 2 saturated heterocycles. The minimum atomic E-state index is -0.0633. The van der Waals surface area contributed by atoms with Gasteiger partial charge < -0.3 is 14.8 Å². The van der Waals surface area contributed by atoms with Crippen LogP contribution in [0.2, 0.25) is 5.02 Å². The molecule has 1 N–H and O–H groups in total. The van der Waals surface area contributed by atoms with Crippen molar-refractivity contribution in [3.8, 4) is 0 Å². The lowest BCUT2D eigenvalue weighted by Crippen LogP contribution is -2.44. The molecule has 0 bridgehead atoms. The molecule has 3 nitrogen and oxygen atoms in total. The summed E-state index contributed by atoms with van der Waals surface area (Å²) < 4.78 is 11.5. The molecule has 2 unspecified atom stereocenters. The van der Waals surface area contributed by atoms with Crippen LogP contribution in [0.25, 0.3) is 0 Å². The molecule has 19 heavy (non-hydrogen) atoms. The first-order valence-corrected chi connectivity index (χ1v) is 7.29. The van der Waals surface area contributed by atoms with Crippen molar-refractivity contribution >= 4 is 17.3 Å². The number of halogens is 1. The van der Waals surface area contributed by atoms with Crippen molar-refractivity contribution in [3.05, 3.63) is 28.8 Å². The minimum absolute atomic E-state index is 0.0633. The van der Waals surface area contributed by atoms with Crippen molar-refractivity contribution in [1.29, 1.82) is 0 Å². The maximum absolute atomic E-state index is 6.25. The van der Waals surface area contributed by atoms with E-state index in [-0.39, 0.29) is 5.60 Å². The predicted octanol–water partition coefficient (Wildman–Crippen LogP) is 3.40. The molecule has 4 heteroatoms. The average Bonchev–Trinajstić information content (AvgIpc) is 2.82. The van der Waals surface area contributed by atoms with Crippen molar-refractivity contribution in [2.45, 2.75) is 37.8 Å². The Morgan fingerprint density at radius 2 is 2.26 bits per heavy atom. The average molecular weight is 282 g/mol. The van der Waals surface area contributed by atoms with Gasteiger partial charge in [0.2, 0.25) is 0 Å². The lowest BCUT2D eigenvalue weighted by molar-refractivity contribution is -0.0828. The second-order valence-corrected chi connectivity index (χ2v) is 6.06. The lowest BCUT2D eigenvalue weighted by atomic mass is 9.89. The molecule has 0 aliphatic carbocycles. The second kappa shape index (κ2) is 5.31. The zero-order valence-corrected chi connectivity index (χ0v) is 12.0. The molecule has 2 aliphatic heterocycles. The van der Waals surface area contributed by atoms with Crippen molar-refractivity contribution in [2.24, 2.45) is 0 Å². The minimum Gasteiger partial charge on any atom is -0.381 e. The topological polar surface area (TPSA) is 30.5 Å². The summed E-state index contributed by atoms with van der Waals surface area (Å²) in [4.78, 5) is 0. The van der Waals surface area contributed by atoms with E-state index < -0.39 is 0 Å². The Labute approximate surface area is 119 Å². The van der Waals surface area contributed by atoms with E-state index in [2.05, 4.69) is 18.3 Å². The van der Waals surface area contributed by atoms with E-state index in [4.69, 9.17) is 21.1 Å². The number of ether oxygens (including phenoxy) is 2. The normalized spacial score (nSPS) is 30.7. The van der Waals surface area contributed by atoms with E-state index in [1.54, 1.807) is 0 Å². The third kappa shape index (κ3) is 2.88. The van der Waals surface area contributed by atoms with Gasteiger partial charge in [-0.1, -0.05) is 17.7 Å². The van der Waals surface area contributed by atoms with Crippen molar-refractivity contribution in [3.63, 3.8) is 0 Å². The van der Waals surface area contributed by atoms with Gasteiger partial charge in [-0.3, -0.25) is 0 Å². The number of nitrogens with one attached hydrogen (secondary N) is 1. The SMILES string of the molecule is Cc1ccc(Cl)c(NC2CCOC3(CCOC3)C2)c1. The maximum Gasteiger partial charge on any atom is 0.0956 e. The Morgan fingerprint density at radius 1 is 1.37 bits per heavy atom. The van der Waals surface area contributed by atoms with Crippen molar-refractivity contribution < 1.29 is 9.47 Å². The van der Waals surface area contributed by atoms with Gasteiger partial charge >= 0.3 is 0 Å². The molecule has 1 aromatic rings. The summed E-state index contributed by atoms with van der Waals surface area (Å²) in [6, 6.07) is 6.50. The van der Waals surface area contributed by atoms with Gasteiger partial charge in [-0.25, -0.2) is 0 Å². The van der Waals surface area contributed by atoms with Gasteiger partial charge in [0.25, 0.3) is 0 Å². The summed E-state index contributed by atoms with van der Waals surface area (Å²) in [5.74, 6) is 0. The predicted molar refractivity (Wildman–Crippen MR) is 77.0 cm³/mol. The first-order valence-electron chi connectivity index (χ1n) is 6.91. The Kier molecular flexibility index (Phi) is 3.70. The largest absolute Gasteiger partial charge is 0.381 e. The molecule has 2 heterocycles. The molecule has 3 rings (SSSR count). The highest BCUT2D eigenvalue weighted by Crippen LogP contribution is 2.35. The molecule has 1 aromatic carbocycles. The van der Waals surface area contributed by atoms with Crippen LogP contribution in [0.15, 0.2) is 18.2 Å². The Balaban J connectivity index is 1.70. The molecule has 0 amide bonds. The van der Waals surface area contributed by atoms with Gasteiger partial charge in [0, 0.05) is 25.7 Å². The molecule has 0 aromatic heterocycles. The van der Waals surface area contributed by atoms with E-state index in [9.17, 15) is 0 Å². The van der Waals surface area contributed by atoms with Gasteiger partial charge in [0.1, 0.15) is 0 Å². The van der Waals surface area contributed by atoms with Crippen LogP contribution in [0, 0.1) is 6.92 Å². The molecule has 0 saturated carbocycles. The summed E-state index contributed by atoms with van der Waals surface area (Å²) in [6.07, 6.45) is 3.02. The summed E-state index contributed by atoms with van der Waals surface area (Å²) in [5.41, 5.74) is 2.19. The fraction of sp³-hybridized carbons (Fsp3) is 0.600. The van der Waals surface area contributed by atoms with Crippen LogP contribution in [0.5, 0.6) is 0 Å². The molecule has 104 valence electrons. The Hall–Kier alpha value is -0.770. The number of aryl methyl sites for hydroxylation is 1. The highest BCUT2D eigenvalue weighted by molar-refractivity contribution is 6.33. The van der Waals surface area contributed by atoms with Crippen LogP contribution < -0.4 is 5.32 Å². The quantitative estimate of drug-likeness (QED) is 0.901. The van der Waals surface area contributed by atoms with Gasteiger partial charge in [0.15, 0.2) is 0 Å². The molecule has 0 radical (unpaired) electrons. The molecular weight excluding hydrogens is 262 g/mol. The number of anilines is 1. The van der Waals surface area contributed by atoms with Crippen LogP contribution >= 0.6 is 11.6 Å². The number of rotatable bonds is 2. The summed E-state index contributed by atoms with van der Waals surface area (Å²) in [6.45, 7) is 4.42. The van der Waals surface area contributed by atoms with Gasteiger partial charge in [-0.05, 0) is 37.5 Å². The van der Waals surface area contributed by atoms with Crippen LogP contribution in [0.4, 0.5) is 5.69 Å². The van der Waals surface area contributed by atoms with E-state index >= 15 is 0 Å². The highest BCUT2D eigenvalue weighted by atomic mass is 35.5. The van der Waals surface area contributed by atoms with Crippen molar-refractivity contribution in [2.75, 3.05) is 25.1 Å². The van der Waals surface area contributed by atoms with E-state index in [1.165, 1.54) is 5.56 Å². The monoisotopic (exact) mass is 281 g/mol. The molecule has 2 fully saturated rings. The van der Waals surface area contributed by atoms with Gasteiger partial charge in [-0.15, -0.1) is 0 Å². The molecule has 2 atom stereocenters. The first-order chi connectivity index (χ1) is 9.17. The Morgan fingerprint density at radius 3 is 3.05 bits per heavy atom. The smallest absolute Gasteiger partial charge is 0.0956 e. The number of benzene rings is 1. The zero-order chi connectivity index (χ0) is 13.3. The third-order valence-electron chi connectivity index (χ3n) is 4.04.